The zero-order valence-electron chi connectivity index (χ0n) is 8.97. The summed E-state index contributed by atoms with van der Waals surface area (Å²) in [5.41, 5.74) is 2.13. The summed E-state index contributed by atoms with van der Waals surface area (Å²) in [4.78, 5) is 12.0. The van der Waals surface area contributed by atoms with Crippen molar-refractivity contribution in [1.29, 1.82) is 0 Å². The van der Waals surface area contributed by atoms with Gasteiger partial charge >= 0.3 is 0 Å². The lowest BCUT2D eigenvalue weighted by atomic mass is 10.1. The molecule has 78 valence electrons. The molecule has 0 spiro atoms. The molecular formula is C12H12BrNO. The molecule has 0 amide bonds. The summed E-state index contributed by atoms with van der Waals surface area (Å²) in [6, 6.07) is 5.99. The van der Waals surface area contributed by atoms with Crippen LogP contribution in [0.2, 0.25) is 0 Å². The number of aryl methyl sites for hydroxylation is 2. The molecule has 1 aromatic heterocycles. The summed E-state index contributed by atoms with van der Waals surface area (Å²) in [5.74, 6) is 0. The zero-order chi connectivity index (χ0) is 11.2. The van der Waals surface area contributed by atoms with Crippen LogP contribution in [0.15, 0.2) is 27.5 Å². The number of fused-ring (bicyclic) bond motifs is 1. The zero-order valence-corrected chi connectivity index (χ0v) is 10.6. The van der Waals surface area contributed by atoms with Gasteiger partial charge in [0.05, 0.1) is 0 Å². The van der Waals surface area contributed by atoms with Crippen molar-refractivity contribution in [2.45, 2.75) is 13.8 Å². The fourth-order valence-corrected chi connectivity index (χ4v) is 2.41. The van der Waals surface area contributed by atoms with Crippen molar-refractivity contribution in [3.8, 4) is 0 Å². The van der Waals surface area contributed by atoms with Gasteiger partial charge in [-0.3, -0.25) is 4.79 Å². The highest BCUT2D eigenvalue weighted by molar-refractivity contribution is 9.10. The van der Waals surface area contributed by atoms with Gasteiger partial charge in [0.1, 0.15) is 0 Å². The molecule has 0 radical (unpaired) electrons. The number of nitrogens with zero attached hydrogens (tertiary/aromatic N) is 1. The highest BCUT2D eigenvalue weighted by Gasteiger charge is 2.06. The van der Waals surface area contributed by atoms with E-state index in [9.17, 15) is 4.79 Å². The summed E-state index contributed by atoms with van der Waals surface area (Å²) >= 11 is 3.49. The monoisotopic (exact) mass is 265 g/mol. The van der Waals surface area contributed by atoms with Crippen molar-refractivity contribution in [2.24, 2.45) is 7.05 Å². The minimum atomic E-state index is 0.0643. The van der Waals surface area contributed by atoms with Crippen molar-refractivity contribution in [3.63, 3.8) is 0 Å². The second-order valence-corrected chi connectivity index (χ2v) is 4.71. The molecule has 1 aromatic carbocycles. The van der Waals surface area contributed by atoms with E-state index in [-0.39, 0.29) is 5.56 Å². The Labute approximate surface area is 96.7 Å². The minimum absolute atomic E-state index is 0.0643. The summed E-state index contributed by atoms with van der Waals surface area (Å²) in [6.07, 6.45) is 0. The first-order valence-electron chi connectivity index (χ1n) is 4.77. The second-order valence-electron chi connectivity index (χ2n) is 3.86. The number of pyridine rings is 1. The Bertz CT molecular complexity index is 599. The van der Waals surface area contributed by atoms with E-state index in [4.69, 9.17) is 0 Å². The Morgan fingerprint density at radius 2 is 1.80 bits per heavy atom. The molecule has 0 aliphatic heterocycles. The molecule has 3 heteroatoms. The molecule has 0 aliphatic carbocycles. The van der Waals surface area contributed by atoms with Crippen molar-refractivity contribution >= 4 is 26.7 Å². The average Bonchev–Trinajstić information content (AvgIpc) is 2.17. The van der Waals surface area contributed by atoms with E-state index in [0.717, 1.165) is 26.5 Å². The topological polar surface area (TPSA) is 22.0 Å². The van der Waals surface area contributed by atoms with Gasteiger partial charge in [-0.25, -0.2) is 0 Å². The molecule has 0 N–H and O–H groups in total. The van der Waals surface area contributed by atoms with Crippen molar-refractivity contribution in [1.82, 2.24) is 4.57 Å². The number of rotatable bonds is 0. The summed E-state index contributed by atoms with van der Waals surface area (Å²) < 4.78 is 2.66. The van der Waals surface area contributed by atoms with E-state index in [1.807, 2.05) is 32.0 Å². The number of hydrogen-bond donors (Lipinski definition) is 0. The Morgan fingerprint density at radius 3 is 2.47 bits per heavy atom. The molecule has 2 nitrogen and oxygen atoms in total. The normalized spacial score (nSPS) is 10.9. The van der Waals surface area contributed by atoms with Gasteiger partial charge in [-0.1, -0.05) is 15.9 Å². The van der Waals surface area contributed by atoms with Crippen LogP contribution in [0, 0.1) is 13.8 Å². The lowest BCUT2D eigenvalue weighted by molar-refractivity contribution is 0.830. The smallest absolute Gasteiger partial charge is 0.258 e. The molecule has 1 heterocycles. The van der Waals surface area contributed by atoms with Crippen LogP contribution in [0.5, 0.6) is 0 Å². The number of aromatic nitrogens is 1. The van der Waals surface area contributed by atoms with Crippen LogP contribution in [0.1, 0.15) is 11.3 Å². The van der Waals surface area contributed by atoms with E-state index in [1.165, 1.54) is 0 Å². The second kappa shape index (κ2) is 3.49. The standard InChI is InChI=1S/C12H12BrNO/c1-7-4-10-9(11(13)5-7)6-8(2)14(3)12(10)15/h4-6H,1-3H3. The molecule has 0 unspecified atom stereocenters. The van der Waals surface area contributed by atoms with E-state index in [0.29, 0.717) is 0 Å². The molecule has 0 atom stereocenters. The first-order chi connectivity index (χ1) is 7.00. The van der Waals surface area contributed by atoms with Crippen molar-refractivity contribution in [2.75, 3.05) is 0 Å². The predicted molar refractivity (Wildman–Crippen MR) is 66.4 cm³/mol. The quantitative estimate of drug-likeness (QED) is 0.718. The molecule has 2 rings (SSSR count). The maximum atomic E-state index is 12.0. The Morgan fingerprint density at radius 1 is 1.13 bits per heavy atom. The molecular weight excluding hydrogens is 254 g/mol. The molecule has 0 fully saturated rings. The predicted octanol–water partition coefficient (Wildman–Crippen LogP) is 2.92. The highest BCUT2D eigenvalue weighted by Crippen LogP contribution is 2.24. The van der Waals surface area contributed by atoms with Crippen LogP contribution in [0.4, 0.5) is 0 Å². The maximum Gasteiger partial charge on any atom is 0.258 e. The molecule has 15 heavy (non-hydrogen) atoms. The van der Waals surface area contributed by atoms with Gasteiger partial charge in [-0.15, -0.1) is 0 Å². The molecule has 0 aliphatic rings. The van der Waals surface area contributed by atoms with Crippen LogP contribution in [0.3, 0.4) is 0 Å². The van der Waals surface area contributed by atoms with Gasteiger partial charge < -0.3 is 4.57 Å². The van der Waals surface area contributed by atoms with Crippen LogP contribution in [0.25, 0.3) is 10.8 Å². The van der Waals surface area contributed by atoms with Gasteiger partial charge in [0.2, 0.25) is 0 Å². The van der Waals surface area contributed by atoms with E-state index in [2.05, 4.69) is 15.9 Å². The molecule has 0 bridgehead atoms. The maximum absolute atomic E-state index is 12.0. The van der Waals surface area contributed by atoms with Crippen molar-refractivity contribution in [3.05, 3.63) is 44.3 Å². The summed E-state index contributed by atoms with van der Waals surface area (Å²) in [7, 11) is 1.80. The van der Waals surface area contributed by atoms with E-state index < -0.39 is 0 Å². The Balaban J connectivity index is 3.06. The Hall–Kier alpha value is -1.09. The van der Waals surface area contributed by atoms with Crippen LogP contribution in [-0.4, -0.2) is 4.57 Å². The Kier molecular flexibility index (Phi) is 2.43. The first kappa shape index (κ1) is 10.4. The van der Waals surface area contributed by atoms with Gasteiger partial charge in [0.15, 0.2) is 0 Å². The van der Waals surface area contributed by atoms with Gasteiger partial charge in [0.25, 0.3) is 5.56 Å². The summed E-state index contributed by atoms with van der Waals surface area (Å²) in [6.45, 7) is 3.93. The van der Waals surface area contributed by atoms with Gasteiger partial charge in [-0.2, -0.15) is 0 Å². The average molecular weight is 266 g/mol. The van der Waals surface area contributed by atoms with Crippen LogP contribution in [-0.2, 0) is 7.05 Å². The first-order valence-corrected chi connectivity index (χ1v) is 5.56. The van der Waals surface area contributed by atoms with E-state index >= 15 is 0 Å². The lowest BCUT2D eigenvalue weighted by Gasteiger charge is -2.08. The largest absolute Gasteiger partial charge is 0.315 e. The fourth-order valence-electron chi connectivity index (χ4n) is 1.72. The summed E-state index contributed by atoms with van der Waals surface area (Å²) in [5, 5.41) is 1.76. The molecule has 0 saturated heterocycles. The van der Waals surface area contributed by atoms with E-state index in [1.54, 1.807) is 11.6 Å². The number of hydrogen-bond acceptors (Lipinski definition) is 1. The third-order valence-corrected chi connectivity index (χ3v) is 3.35. The molecule has 2 aromatic rings. The van der Waals surface area contributed by atoms with Crippen LogP contribution < -0.4 is 5.56 Å². The minimum Gasteiger partial charge on any atom is -0.315 e. The number of benzene rings is 1. The van der Waals surface area contributed by atoms with Gasteiger partial charge in [-0.05, 0) is 37.6 Å². The van der Waals surface area contributed by atoms with Crippen molar-refractivity contribution < 1.29 is 0 Å². The third kappa shape index (κ3) is 1.61. The highest BCUT2D eigenvalue weighted by atomic mass is 79.9. The SMILES string of the molecule is Cc1cc(Br)c2cc(C)n(C)c(=O)c2c1. The van der Waals surface area contributed by atoms with Crippen LogP contribution >= 0.6 is 15.9 Å². The number of halogens is 1. The third-order valence-electron chi connectivity index (χ3n) is 2.69. The molecule has 0 saturated carbocycles. The van der Waals surface area contributed by atoms with Gasteiger partial charge in [0, 0.05) is 28.0 Å². The fraction of sp³-hybridized carbons (Fsp3) is 0.250. The lowest BCUT2D eigenvalue weighted by Crippen LogP contribution is -2.18.